The maximum Gasteiger partial charge on any atom is 0.173 e. The molecular weight excluding hydrogens is 266 g/mol. The first-order valence-corrected chi connectivity index (χ1v) is 7.47. The van der Waals surface area contributed by atoms with Crippen LogP contribution in [0.25, 0.3) is 5.69 Å². The predicted molar refractivity (Wildman–Crippen MR) is 79.1 cm³/mol. The Labute approximate surface area is 124 Å². The number of aromatic nitrogens is 4. The lowest BCUT2D eigenvalue weighted by atomic mass is 10.1. The summed E-state index contributed by atoms with van der Waals surface area (Å²) >= 11 is 0. The summed E-state index contributed by atoms with van der Waals surface area (Å²) in [5, 5.41) is 15.6. The molecule has 6 nitrogen and oxygen atoms in total. The van der Waals surface area contributed by atoms with Crippen molar-refractivity contribution in [3.05, 3.63) is 36.2 Å². The fourth-order valence-corrected chi connectivity index (χ4v) is 2.79. The van der Waals surface area contributed by atoms with E-state index in [0.29, 0.717) is 0 Å². The van der Waals surface area contributed by atoms with Gasteiger partial charge in [-0.1, -0.05) is 18.2 Å². The highest BCUT2D eigenvalue weighted by atomic mass is 16.5. The molecule has 1 aliphatic heterocycles. The number of para-hydroxylation sites is 1. The number of hydrogen-bond acceptors (Lipinski definition) is 5. The van der Waals surface area contributed by atoms with Crippen molar-refractivity contribution in [2.75, 3.05) is 6.61 Å². The summed E-state index contributed by atoms with van der Waals surface area (Å²) in [6.07, 6.45) is 2.55. The van der Waals surface area contributed by atoms with Gasteiger partial charge in [-0.05, 0) is 49.2 Å². The van der Waals surface area contributed by atoms with Crippen LogP contribution in [0.4, 0.5) is 0 Å². The molecule has 1 saturated heterocycles. The van der Waals surface area contributed by atoms with Gasteiger partial charge in [0.15, 0.2) is 5.82 Å². The first kappa shape index (κ1) is 14.2. The molecule has 0 aliphatic carbocycles. The zero-order chi connectivity index (χ0) is 14.7. The Morgan fingerprint density at radius 2 is 2.10 bits per heavy atom. The summed E-state index contributed by atoms with van der Waals surface area (Å²) < 4.78 is 7.50. The van der Waals surface area contributed by atoms with Gasteiger partial charge >= 0.3 is 0 Å². The minimum absolute atomic E-state index is 0.0550. The van der Waals surface area contributed by atoms with Gasteiger partial charge in [-0.25, -0.2) is 0 Å². The van der Waals surface area contributed by atoms with Gasteiger partial charge in [0.2, 0.25) is 0 Å². The second-order valence-electron chi connectivity index (χ2n) is 5.51. The van der Waals surface area contributed by atoms with Gasteiger partial charge in [-0.2, -0.15) is 4.68 Å². The monoisotopic (exact) mass is 287 g/mol. The van der Waals surface area contributed by atoms with Crippen molar-refractivity contribution >= 4 is 0 Å². The lowest BCUT2D eigenvalue weighted by Crippen LogP contribution is -2.39. The molecule has 1 aromatic heterocycles. The van der Waals surface area contributed by atoms with Crippen molar-refractivity contribution < 1.29 is 4.74 Å². The summed E-state index contributed by atoms with van der Waals surface area (Å²) in [5.74, 6) is 0.811. The van der Waals surface area contributed by atoms with Gasteiger partial charge < -0.3 is 10.1 Å². The molecule has 3 atom stereocenters. The van der Waals surface area contributed by atoms with Crippen molar-refractivity contribution in [3.63, 3.8) is 0 Å². The van der Waals surface area contributed by atoms with Crippen LogP contribution in [0.5, 0.6) is 0 Å². The molecule has 0 spiro atoms. The standard InChI is InChI=1S/C15H21N5O/c1-11(14-9-6-10-21-14)16-12(2)15-17-18-19-20(15)13-7-4-3-5-8-13/h3-5,7-8,11-12,14,16H,6,9-10H2,1-2H3/t11-,12+,14-/m1/s1. The molecule has 3 rings (SSSR count). The van der Waals surface area contributed by atoms with Gasteiger partial charge in [-0.3, -0.25) is 0 Å². The lowest BCUT2D eigenvalue weighted by molar-refractivity contribution is 0.0799. The average Bonchev–Trinajstić information content (AvgIpc) is 3.19. The number of benzene rings is 1. The highest BCUT2D eigenvalue weighted by Crippen LogP contribution is 2.19. The number of tetrazole rings is 1. The normalized spacial score (nSPS) is 21.3. The van der Waals surface area contributed by atoms with Gasteiger partial charge in [0, 0.05) is 12.6 Å². The van der Waals surface area contributed by atoms with E-state index < -0.39 is 0 Å². The first-order valence-electron chi connectivity index (χ1n) is 7.47. The van der Waals surface area contributed by atoms with Gasteiger partial charge in [0.25, 0.3) is 0 Å². The van der Waals surface area contributed by atoms with Crippen molar-refractivity contribution in [1.82, 2.24) is 25.5 Å². The SMILES string of the molecule is C[C@H](N[C@H](C)[C@H]1CCCO1)c1nnnn1-c1ccccc1. The number of hydrogen-bond donors (Lipinski definition) is 1. The lowest BCUT2D eigenvalue weighted by Gasteiger charge is -2.23. The van der Waals surface area contributed by atoms with Gasteiger partial charge in [0.1, 0.15) is 0 Å². The number of nitrogens with one attached hydrogen (secondary N) is 1. The third-order valence-corrected chi connectivity index (χ3v) is 3.92. The fraction of sp³-hybridized carbons (Fsp3) is 0.533. The van der Waals surface area contributed by atoms with Gasteiger partial charge in [-0.15, -0.1) is 5.10 Å². The van der Waals surface area contributed by atoms with E-state index in [2.05, 4.69) is 34.7 Å². The third kappa shape index (κ3) is 3.11. The minimum Gasteiger partial charge on any atom is -0.377 e. The Morgan fingerprint density at radius 3 is 2.81 bits per heavy atom. The predicted octanol–water partition coefficient (Wildman–Crippen LogP) is 1.88. The second-order valence-corrected chi connectivity index (χ2v) is 5.51. The van der Waals surface area contributed by atoms with Crippen molar-refractivity contribution in [3.8, 4) is 5.69 Å². The maximum atomic E-state index is 5.73. The number of ether oxygens (including phenoxy) is 1. The van der Waals surface area contributed by atoms with Crippen LogP contribution in [-0.2, 0) is 4.74 Å². The second kappa shape index (κ2) is 6.32. The molecule has 0 amide bonds. The summed E-state index contributed by atoms with van der Waals surface area (Å²) in [5.41, 5.74) is 0.968. The highest BCUT2D eigenvalue weighted by Gasteiger charge is 2.25. The molecule has 2 aromatic rings. The molecule has 1 aliphatic rings. The van der Waals surface area contributed by atoms with E-state index in [0.717, 1.165) is 31.0 Å². The van der Waals surface area contributed by atoms with E-state index >= 15 is 0 Å². The molecule has 6 heteroatoms. The van der Waals surface area contributed by atoms with E-state index in [4.69, 9.17) is 4.74 Å². The van der Waals surface area contributed by atoms with Crippen molar-refractivity contribution in [2.24, 2.45) is 0 Å². The number of rotatable bonds is 5. The van der Waals surface area contributed by atoms with Crippen LogP contribution in [0.1, 0.15) is 38.6 Å². The summed E-state index contributed by atoms with van der Waals surface area (Å²) in [6.45, 7) is 5.10. The molecule has 112 valence electrons. The fourth-order valence-electron chi connectivity index (χ4n) is 2.79. The zero-order valence-electron chi connectivity index (χ0n) is 12.4. The molecule has 0 unspecified atom stereocenters. The van der Waals surface area contributed by atoms with Crippen molar-refractivity contribution in [2.45, 2.75) is 44.9 Å². The average molecular weight is 287 g/mol. The Morgan fingerprint density at radius 1 is 1.29 bits per heavy atom. The van der Waals surface area contributed by atoms with E-state index in [9.17, 15) is 0 Å². The van der Waals surface area contributed by atoms with Crippen LogP contribution in [0.3, 0.4) is 0 Å². The van der Waals surface area contributed by atoms with E-state index in [-0.39, 0.29) is 18.2 Å². The Hall–Kier alpha value is -1.79. The van der Waals surface area contributed by atoms with E-state index in [1.807, 2.05) is 30.3 Å². The summed E-state index contributed by atoms with van der Waals surface area (Å²) in [7, 11) is 0. The Balaban J connectivity index is 1.73. The molecule has 0 bridgehead atoms. The molecule has 0 radical (unpaired) electrons. The van der Waals surface area contributed by atoms with Crippen LogP contribution >= 0.6 is 0 Å². The first-order chi connectivity index (χ1) is 10.3. The minimum atomic E-state index is 0.0550. The smallest absolute Gasteiger partial charge is 0.173 e. The summed E-state index contributed by atoms with van der Waals surface area (Å²) in [4.78, 5) is 0. The number of nitrogens with zero attached hydrogens (tertiary/aromatic N) is 4. The quantitative estimate of drug-likeness (QED) is 0.909. The topological polar surface area (TPSA) is 64.9 Å². The largest absolute Gasteiger partial charge is 0.377 e. The zero-order valence-corrected chi connectivity index (χ0v) is 12.4. The third-order valence-electron chi connectivity index (χ3n) is 3.92. The molecule has 2 heterocycles. The van der Waals surface area contributed by atoms with Crippen LogP contribution < -0.4 is 5.32 Å². The molecule has 21 heavy (non-hydrogen) atoms. The van der Waals surface area contributed by atoms with E-state index in [1.165, 1.54) is 0 Å². The van der Waals surface area contributed by atoms with Crippen molar-refractivity contribution in [1.29, 1.82) is 0 Å². The molecule has 1 N–H and O–H groups in total. The van der Waals surface area contributed by atoms with Crippen LogP contribution in [0, 0.1) is 0 Å². The molecule has 1 fully saturated rings. The molecule has 0 saturated carbocycles. The Kier molecular flexibility index (Phi) is 4.26. The molecule has 1 aromatic carbocycles. The Bertz CT molecular complexity index is 564. The maximum absolute atomic E-state index is 5.73. The molecular formula is C15H21N5O. The van der Waals surface area contributed by atoms with Gasteiger partial charge in [0.05, 0.1) is 17.8 Å². The summed E-state index contributed by atoms with van der Waals surface area (Å²) in [6, 6.07) is 10.3. The van der Waals surface area contributed by atoms with Crippen LogP contribution in [0.15, 0.2) is 30.3 Å². The highest BCUT2D eigenvalue weighted by molar-refractivity contribution is 5.30. The van der Waals surface area contributed by atoms with Crippen LogP contribution in [0.2, 0.25) is 0 Å². The van der Waals surface area contributed by atoms with Crippen LogP contribution in [-0.4, -0.2) is 39.0 Å². The van der Waals surface area contributed by atoms with E-state index in [1.54, 1.807) is 4.68 Å².